The van der Waals surface area contributed by atoms with Gasteiger partial charge in [0.2, 0.25) is 0 Å². The topological polar surface area (TPSA) is 67.1 Å². The van der Waals surface area contributed by atoms with Crippen LogP contribution in [0.25, 0.3) is 0 Å². The van der Waals surface area contributed by atoms with E-state index in [0.717, 1.165) is 24.2 Å². The summed E-state index contributed by atoms with van der Waals surface area (Å²) in [7, 11) is 1.96. The lowest BCUT2D eigenvalue weighted by atomic mass is 10.1. The number of aryl methyl sites for hydroxylation is 2. The molecule has 6 heteroatoms. The molecule has 6 nitrogen and oxygen atoms in total. The van der Waals surface area contributed by atoms with Gasteiger partial charge in [-0.15, -0.1) is 10.2 Å². The van der Waals surface area contributed by atoms with Crippen molar-refractivity contribution >= 4 is 5.96 Å². The Morgan fingerprint density at radius 3 is 2.45 bits per heavy atom. The minimum absolute atomic E-state index is 0.594. The molecule has 0 aliphatic carbocycles. The van der Waals surface area contributed by atoms with Gasteiger partial charge in [-0.25, -0.2) is 4.99 Å². The zero-order valence-electron chi connectivity index (χ0n) is 13.7. The van der Waals surface area contributed by atoms with Crippen molar-refractivity contribution < 1.29 is 0 Å². The van der Waals surface area contributed by atoms with Crippen LogP contribution in [0.3, 0.4) is 0 Å². The quantitative estimate of drug-likeness (QED) is 0.651. The van der Waals surface area contributed by atoms with Gasteiger partial charge in [-0.05, 0) is 26.3 Å². The van der Waals surface area contributed by atoms with Crippen LogP contribution >= 0.6 is 0 Å². The largest absolute Gasteiger partial charge is 0.357 e. The van der Waals surface area contributed by atoms with E-state index < -0.39 is 0 Å². The molecule has 22 heavy (non-hydrogen) atoms. The minimum atomic E-state index is 0.594. The molecule has 0 saturated heterocycles. The lowest BCUT2D eigenvalue weighted by molar-refractivity contribution is 0.718. The van der Waals surface area contributed by atoms with Crippen LogP contribution in [0, 0.1) is 13.8 Å². The van der Waals surface area contributed by atoms with Gasteiger partial charge in [0.15, 0.2) is 11.8 Å². The zero-order valence-corrected chi connectivity index (χ0v) is 13.7. The maximum absolute atomic E-state index is 4.60. The van der Waals surface area contributed by atoms with Crippen LogP contribution in [0.2, 0.25) is 0 Å². The number of nitrogens with zero attached hydrogens (tertiary/aromatic N) is 4. The van der Waals surface area contributed by atoms with Crippen molar-refractivity contribution in [3.8, 4) is 0 Å². The molecule has 1 heterocycles. The van der Waals surface area contributed by atoms with E-state index in [9.17, 15) is 0 Å². The molecule has 0 atom stereocenters. The van der Waals surface area contributed by atoms with Crippen molar-refractivity contribution in [1.29, 1.82) is 0 Å². The molecular formula is C16H24N6. The van der Waals surface area contributed by atoms with Crippen LogP contribution in [0.5, 0.6) is 0 Å². The minimum Gasteiger partial charge on any atom is -0.357 e. The molecule has 0 fully saturated rings. The number of guanidine groups is 1. The number of aliphatic imine (C=N–C) groups is 1. The highest BCUT2D eigenvalue weighted by molar-refractivity contribution is 5.79. The predicted molar refractivity (Wildman–Crippen MR) is 88.6 cm³/mol. The van der Waals surface area contributed by atoms with Gasteiger partial charge in [-0.1, -0.05) is 29.8 Å². The van der Waals surface area contributed by atoms with Crippen molar-refractivity contribution in [2.75, 3.05) is 6.54 Å². The second kappa shape index (κ2) is 7.59. The Hall–Kier alpha value is -2.37. The van der Waals surface area contributed by atoms with Gasteiger partial charge >= 0.3 is 0 Å². The second-order valence-corrected chi connectivity index (χ2v) is 5.26. The molecular weight excluding hydrogens is 276 g/mol. The molecule has 0 unspecified atom stereocenters. The average molecular weight is 300 g/mol. The second-order valence-electron chi connectivity index (χ2n) is 5.26. The molecule has 0 aliphatic heterocycles. The summed E-state index contributed by atoms with van der Waals surface area (Å²) in [5.74, 6) is 2.57. The summed E-state index contributed by atoms with van der Waals surface area (Å²) >= 11 is 0. The Morgan fingerprint density at radius 1 is 1.14 bits per heavy atom. The molecule has 2 N–H and O–H groups in total. The van der Waals surface area contributed by atoms with E-state index in [-0.39, 0.29) is 0 Å². The normalized spacial score (nSPS) is 11.5. The monoisotopic (exact) mass is 300 g/mol. The van der Waals surface area contributed by atoms with Gasteiger partial charge in [-0.3, -0.25) is 0 Å². The summed E-state index contributed by atoms with van der Waals surface area (Å²) in [5, 5.41) is 14.7. The fraction of sp³-hybridized carbons (Fsp3) is 0.438. The maximum atomic E-state index is 4.60. The van der Waals surface area contributed by atoms with Gasteiger partial charge in [0, 0.05) is 13.6 Å². The summed E-state index contributed by atoms with van der Waals surface area (Å²) in [5.41, 5.74) is 2.45. The first-order valence-corrected chi connectivity index (χ1v) is 7.52. The Balaban J connectivity index is 1.98. The highest BCUT2D eigenvalue weighted by atomic mass is 15.3. The summed E-state index contributed by atoms with van der Waals surface area (Å²) in [6, 6.07) is 8.42. The first-order chi connectivity index (χ1) is 10.6. The summed E-state index contributed by atoms with van der Waals surface area (Å²) in [6.07, 6.45) is 0. The number of aromatic nitrogens is 3. The number of benzene rings is 1. The molecule has 0 saturated carbocycles. The number of hydrogen-bond acceptors (Lipinski definition) is 3. The molecule has 0 spiro atoms. The number of hydrogen-bond donors (Lipinski definition) is 2. The van der Waals surface area contributed by atoms with Gasteiger partial charge < -0.3 is 15.2 Å². The van der Waals surface area contributed by atoms with Gasteiger partial charge in [0.25, 0.3) is 0 Å². The Bertz CT molecular complexity index is 627. The van der Waals surface area contributed by atoms with Crippen LogP contribution in [0.1, 0.15) is 29.7 Å². The Morgan fingerprint density at radius 2 is 1.86 bits per heavy atom. The molecule has 118 valence electrons. The summed E-state index contributed by atoms with van der Waals surface area (Å²) in [4.78, 5) is 4.60. The molecule has 2 aromatic rings. The van der Waals surface area contributed by atoms with E-state index in [1.165, 1.54) is 11.1 Å². The van der Waals surface area contributed by atoms with Crippen molar-refractivity contribution in [2.24, 2.45) is 12.0 Å². The fourth-order valence-electron chi connectivity index (χ4n) is 1.97. The number of rotatable bonds is 5. The Labute approximate surface area is 131 Å². The van der Waals surface area contributed by atoms with Crippen molar-refractivity contribution in [1.82, 2.24) is 25.4 Å². The molecule has 0 amide bonds. The van der Waals surface area contributed by atoms with E-state index >= 15 is 0 Å². The lowest BCUT2D eigenvalue weighted by Crippen LogP contribution is -2.37. The average Bonchev–Trinajstić information content (AvgIpc) is 2.83. The smallest absolute Gasteiger partial charge is 0.191 e. The fourth-order valence-corrected chi connectivity index (χ4v) is 1.97. The van der Waals surface area contributed by atoms with Crippen LogP contribution in [-0.2, 0) is 20.1 Å². The summed E-state index contributed by atoms with van der Waals surface area (Å²) in [6.45, 7) is 8.13. The molecule has 0 aliphatic rings. The SMILES string of the molecule is CCNC(=NCc1ccc(C)cc1)NCc1nnc(C)n1C. The third-order valence-electron chi connectivity index (χ3n) is 3.48. The zero-order chi connectivity index (χ0) is 15.9. The number of nitrogens with one attached hydrogen (secondary N) is 2. The molecule has 0 bridgehead atoms. The molecule has 2 rings (SSSR count). The highest BCUT2D eigenvalue weighted by Crippen LogP contribution is 2.04. The van der Waals surface area contributed by atoms with Crippen LogP contribution < -0.4 is 10.6 Å². The lowest BCUT2D eigenvalue weighted by Gasteiger charge is -2.11. The molecule has 0 radical (unpaired) electrons. The van der Waals surface area contributed by atoms with E-state index in [4.69, 9.17) is 0 Å². The van der Waals surface area contributed by atoms with Gasteiger partial charge in [0.1, 0.15) is 5.82 Å². The first kappa shape index (κ1) is 16.0. The molecule has 1 aromatic carbocycles. The standard InChI is InChI=1S/C16H24N6/c1-5-17-16(18-10-14-8-6-12(2)7-9-14)19-11-15-21-20-13(3)22(15)4/h6-9H,5,10-11H2,1-4H3,(H2,17,18,19). The van der Waals surface area contributed by atoms with E-state index in [1.807, 2.05) is 18.5 Å². The van der Waals surface area contributed by atoms with Crippen LogP contribution in [-0.4, -0.2) is 27.3 Å². The summed E-state index contributed by atoms with van der Waals surface area (Å²) < 4.78 is 1.97. The maximum Gasteiger partial charge on any atom is 0.191 e. The van der Waals surface area contributed by atoms with Gasteiger partial charge in [0.05, 0.1) is 13.1 Å². The predicted octanol–water partition coefficient (Wildman–Crippen LogP) is 1.69. The first-order valence-electron chi connectivity index (χ1n) is 7.52. The highest BCUT2D eigenvalue weighted by Gasteiger charge is 2.05. The van der Waals surface area contributed by atoms with Crippen molar-refractivity contribution in [2.45, 2.75) is 33.9 Å². The van der Waals surface area contributed by atoms with Crippen molar-refractivity contribution in [3.63, 3.8) is 0 Å². The van der Waals surface area contributed by atoms with Crippen LogP contribution in [0.4, 0.5) is 0 Å². The van der Waals surface area contributed by atoms with Crippen LogP contribution in [0.15, 0.2) is 29.3 Å². The van der Waals surface area contributed by atoms with E-state index in [2.05, 4.69) is 63.9 Å². The van der Waals surface area contributed by atoms with Crippen molar-refractivity contribution in [3.05, 3.63) is 47.0 Å². The Kier molecular flexibility index (Phi) is 5.52. The third kappa shape index (κ3) is 4.31. The van der Waals surface area contributed by atoms with E-state index in [0.29, 0.717) is 13.1 Å². The third-order valence-corrected chi connectivity index (χ3v) is 3.48. The molecule has 1 aromatic heterocycles. The van der Waals surface area contributed by atoms with Gasteiger partial charge in [-0.2, -0.15) is 0 Å². The van der Waals surface area contributed by atoms with E-state index in [1.54, 1.807) is 0 Å².